The van der Waals surface area contributed by atoms with Crippen molar-refractivity contribution in [2.45, 2.75) is 38.0 Å². The Morgan fingerprint density at radius 2 is 1.98 bits per heavy atom. The minimum Gasteiger partial charge on any atom is -0.756 e. The number of phosphoric acid groups is 3. The van der Waals surface area contributed by atoms with Crippen LogP contribution in [0.5, 0.6) is 0 Å². The zero-order valence-corrected chi connectivity index (χ0v) is 26.5. The SMILES string of the molecule is [CH]OC1[C@@H](COP(=O)([O-])OP(=O)([O-])OP(=O)([O-])O)O[C@@H](n2cnc3c(=S)nc(N)[nH]c32)[C@H]1OCC(=O)NCc1cc(C)n(C)n1. The number of nitrogens with one attached hydrogen (secondary N) is 2. The lowest BCUT2D eigenvalue weighted by Gasteiger charge is -2.33. The number of amides is 1. The lowest BCUT2D eigenvalue weighted by molar-refractivity contribution is -0.250. The van der Waals surface area contributed by atoms with E-state index < -0.39 is 67.1 Å². The van der Waals surface area contributed by atoms with Crippen molar-refractivity contribution in [2.24, 2.45) is 7.05 Å². The molecule has 7 atom stereocenters. The molecule has 0 spiro atoms. The van der Waals surface area contributed by atoms with Crippen molar-refractivity contribution >= 4 is 58.7 Å². The number of carbonyl (C=O) groups is 1. The van der Waals surface area contributed by atoms with Crippen LogP contribution in [0.15, 0.2) is 12.4 Å². The third kappa shape index (κ3) is 9.09. The van der Waals surface area contributed by atoms with Gasteiger partial charge >= 0.3 is 0 Å². The van der Waals surface area contributed by atoms with E-state index in [9.17, 15) is 33.2 Å². The fraction of sp³-hybridized carbons (Fsp3) is 0.474. The van der Waals surface area contributed by atoms with E-state index in [2.05, 4.69) is 38.5 Å². The summed E-state index contributed by atoms with van der Waals surface area (Å²) < 4.78 is 65.4. The number of H-pyrrole nitrogens is 1. The maximum absolute atomic E-state index is 12.6. The van der Waals surface area contributed by atoms with Gasteiger partial charge in [-0.15, -0.1) is 0 Å². The van der Waals surface area contributed by atoms with E-state index in [1.54, 1.807) is 17.8 Å². The van der Waals surface area contributed by atoms with Gasteiger partial charge in [-0.3, -0.25) is 27.7 Å². The van der Waals surface area contributed by atoms with Gasteiger partial charge in [0.25, 0.3) is 23.5 Å². The third-order valence-electron chi connectivity index (χ3n) is 6.02. The molecular weight excluding hydrogens is 689 g/mol. The molecular formula is C19H24N8O14P3S-3. The lowest BCUT2D eigenvalue weighted by Crippen LogP contribution is -2.39. The van der Waals surface area contributed by atoms with Crippen LogP contribution in [0, 0.1) is 18.7 Å². The Morgan fingerprint density at radius 3 is 2.60 bits per heavy atom. The molecule has 1 aliphatic heterocycles. The molecule has 5 N–H and O–H groups in total. The molecule has 1 fully saturated rings. The Balaban J connectivity index is 1.54. The number of rotatable bonds is 14. The molecule has 26 heteroatoms. The lowest BCUT2D eigenvalue weighted by atomic mass is 10.1. The number of fused-ring (bicyclic) bond motifs is 1. The zero-order valence-electron chi connectivity index (χ0n) is 23.0. The van der Waals surface area contributed by atoms with Gasteiger partial charge in [0, 0.05) is 12.7 Å². The number of ether oxygens (including phenoxy) is 3. The van der Waals surface area contributed by atoms with Crippen LogP contribution >= 0.6 is 35.7 Å². The van der Waals surface area contributed by atoms with E-state index in [1.807, 2.05) is 6.92 Å². The highest BCUT2D eigenvalue weighted by molar-refractivity contribution is 7.71. The first-order valence-corrected chi connectivity index (χ1v) is 17.0. The highest BCUT2D eigenvalue weighted by Crippen LogP contribution is 2.61. The van der Waals surface area contributed by atoms with Crippen molar-refractivity contribution in [1.82, 2.24) is 34.6 Å². The van der Waals surface area contributed by atoms with Crippen molar-refractivity contribution < 1.29 is 65.4 Å². The Bertz CT molecular complexity index is 1740. The Hall–Kier alpha value is -2.46. The number of hydrogen-bond acceptors (Lipinski definition) is 18. The van der Waals surface area contributed by atoms with Crippen LogP contribution in [-0.4, -0.2) is 71.6 Å². The number of imidazole rings is 1. The van der Waals surface area contributed by atoms with Gasteiger partial charge in [-0.05, 0) is 13.0 Å². The average molecular weight is 713 g/mol. The number of carbonyl (C=O) groups excluding carboxylic acids is 1. The molecule has 0 aliphatic carbocycles. The van der Waals surface area contributed by atoms with Crippen LogP contribution in [-0.2, 0) is 59.4 Å². The predicted molar refractivity (Wildman–Crippen MR) is 143 cm³/mol. The van der Waals surface area contributed by atoms with Crippen molar-refractivity contribution in [3.8, 4) is 0 Å². The van der Waals surface area contributed by atoms with Crippen LogP contribution < -0.4 is 25.7 Å². The first kappa shape index (κ1) is 35.4. The van der Waals surface area contributed by atoms with Crippen LogP contribution in [0.1, 0.15) is 17.6 Å². The third-order valence-corrected chi connectivity index (χ3v) is 10.00. The van der Waals surface area contributed by atoms with E-state index in [1.165, 1.54) is 10.9 Å². The summed E-state index contributed by atoms with van der Waals surface area (Å²) in [5.74, 6) is -0.696. The molecule has 22 nitrogen and oxygen atoms in total. The second-order valence-corrected chi connectivity index (χ2v) is 13.9. The quantitative estimate of drug-likeness (QED) is 0.106. The number of aromatic nitrogens is 6. The highest BCUT2D eigenvalue weighted by Gasteiger charge is 2.48. The number of aromatic amines is 1. The molecule has 1 saturated heterocycles. The molecule has 2 radical (unpaired) electrons. The van der Waals surface area contributed by atoms with Gasteiger partial charge in [-0.2, -0.15) is 5.10 Å². The summed E-state index contributed by atoms with van der Waals surface area (Å²) in [6.07, 6.45) is -4.25. The number of nitrogens with zero attached hydrogens (tertiary/aromatic N) is 5. The molecule has 248 valence electrons. The molecule has 4 rings (SSSR count). The normalized spacial score (nSPS) is 24.2. The van der Waals surface area contributed by atoms with E-state index in [0.29, 0.717) is 5.69 Å². The van der Waals surface area contributed by atoms with Crippen LogP contribution in [0.25, 0.3) is 11.2 Å². The molecule has 0 aromatic carbocycles. The number of hydrogen-bond donors (Lipinski definition) is 4. The van der Waals surface area contributed by atoms with Crippen molar-refractivity contribution in [2.75, 3.05) is 18.9 Å². The van der Waals surface area contributed by atoms with Gasteiger partial charge in [-0.25, -0.2) is 18.6 Å². The molecule has 0 bridgehead atoms. The Kier molecular flexibility index (Phi) is 10.8. The van der Waals surface area contributed by atoms with Gasteiger partial charge in [-0.1, -0.05) is 12.2 Å². The van der Waals surface area contributed by atoms with Gasteiger partial charge in [0.2, 0.25) is 5.91 Å². The topological polar surface area (TPSA) is 315 Å². The standard InChI is InChI=1S/C19H27N8O14P3S/c1-9-4-10(25-26(9)2)5-21-12(28)7-37-15-14(36-3)11(6-38-43(32,33)41-44(34,35)40-42(29,30)31)39-18(15)27-8-22-13-16(27)23-19(20)24-17(13)45/h3-4,8,11,14-15,18H,5-7H2,1-2H3,(H,21,28)(H,32,33)(H,34,35)(H2,29,30,31)(H3,20,23,24,45)/p-3/t11-,14?,15+,18-/m1/s1. The average Bonchev–Trinajstić information content (AvgIpc) is 3.57. The number of aryl methyl sites for hydroxylation is 2. The van der Waals surface area contributed by atoms with Crippen molar-refractivity contribution in [1.29, 1.82) is 0 Å². The smallest absolute Gasteiger partial charge is 0.280 e. The van der Waals surface area contributed by atoms with Crippen molar-refractivity contribution in [3.05, 3.63) is 35.5 Å². The first-order chi connectivity index (χ1) is 20.9. The summed E-state index contributed by atoms with van der Waals surface area (Å²) in [6.45, 7) is 0.257. The maximum Gasteiger partial charge on any atom is 0.280 e. The fourth-order valence-corrected chi connectivity index (χ4v) is 7.28. The van der Waals surface area contributed by atoms with E-state index in [-0.39, 0.29) is 28.3 Å². The molecule has 4 heterocycles. The second kappa shape index (κ2) is 13.7. The molecule has 4 unspecified atom stereocenters. The van der Waals surface area contributed by atoms with Gasteiger partial charge < -0.3 is 54.3 Å². The van der Waals surface area contributed by atoms with E-state index >= 15 is 0 Å². The minimum absolute atomic E-state index is 0.0188. The highest BCUT2D eigenvalue weighted by atomic mass is 32.1. The van der Waals surface area contributed by atoms with E-state index in [4.69, 9.17) is 44.2 Å². The van der Waals surface area contributed by atoms with Gasteiger partial charge in [0.1, 0.15) is 43.2 Å². The largest absolute Gasteiger partial charge is 0.756 e. The van der Waals surface area contributed by atoms with Gasteiger partial charge in [0.05, 0.1) is 25.2 Å². The number of phosphoric ester groups is 1. The van der Waals surface area contributed by atoms with Crippen molar-refractivity contribution in [3.63, 3.8) is 0 Å². The summed E-state index contributed by atoms with van der Waals surface area (Å²) in [6, 6.07) is 1.76. The molecule has 3 aromatic heterocycles. The zero-order chi connectivity index (χ0) is 33.3. The maximum atomic E-state index is 12.6. The summed E-state index contributed by atoms with van der Waals surface area (Å²) in [4.78, 5) is 66.3. The Morgan fingerprint density at radius 1 is 1.27 bits per heavy atom. The van der Waals surface area contributed by atoms with Crippen LogP contribution in [0.2, 0.25) is 0 Å². The number of anilines is 1. The minimum atomic E-state index is -6.16. The summed E-state index contributed by atoms with van der Waals surface area (Å²) >= 11 is 5.18. The summed E-state index contributed by atoms with van der Waals surface area (Å²) in [5.41, 5.74) is 7.57. The molecule has 45 heavy (non-hydrogen) atoms. The predicted octanol–water partition coefficient (Wildman–Crippen LogP) is -1.79. The Labute approximate surface area is 258 Å². The second-order valence-electron chi connectivity index (χ2n) is 9.22. The number of nitrogens with two attached hydrogens (primary N) is 1. The molecule has 1 amide bonds. The molecule has 1 aliphatic rings. The first-order valence-electron chi connectivity index (χ1n) is 12.2. The monoisotopic (exact) mass is 713 g/mol. The van der Waals surface area contributed by atoms with E-state index in [0.717, 1.165) is 5.69 Å². The molecule has 0 saturated carbocycles. The van der Waals surface area contributed by atoms with Crippen LogP contribution in [0.3, 0.4) is 0 Å². The summed E-state index contributed by atoms with van der Waals surface area (Å²) in [7, 11) is -10.8. The van der Waals surface area contributed by atoms with Gasteiger partial charge in [0.15, 0.2) is 16.8 Å². The summed E-state index contributed by atoms with van der Waals surface area (Å²) in [5, 5.41) is 6.85. The van der Waals surface area contributed by atoms with Crippen LogP contribution in [0.4, 0.5) is 5.95 Å². The molecule has 3 aromatic rings. The fourth-order valence-electron chi connectivity index (χ4n) is 4.14. The number of nitrogen functional groups attached to an aromatic ring is 1.